The molecule has 17 heavy (non-hydrogen) atoms. The molecular formula is C11H19N5S. The summed E-state index contributed by atoms with van der Waals surface area (Å²) in [5, 5.41) is 3.20. The van der Waals surface area contributed by atoms with E-state index in [1.807, 2.05) is 0 Å². The van der Waals surface area contributed by atoms with E-state index in [1.54, 1.807) is 12.4 Å². The molecule has 0 atom stereocenters. The molecule has 5 nitrogen and oxygen atoms in total. The van der Waals surface area contributed by atoms with E-state index in [0.717, 1.165) is 18.9 Å². The van der Waals surface area contributed by atoms with Crippen molar-refractivity contribution in [1.82, 2.24) is 14.9 Å². The molecule has 0 aliphatic heterocycles. The highest BCUT2D eigenvalue weighted by atomic mass is 32.1. The third-order valence-corrected chi connectivity index (χ3v) is 2.77. The molecule has 0 aliphatic rings. The summed E-state index contributed by atoms with van der Waals surface area (Å²) < 4.78 is 0. The number of likely N-dealkylation sites (N-methyl/N-ethyl adjacent to an activating group) is 1. The van der Waals surface area contributed by atoms with Crippen molar-refractivity contribution in [3.05, 3.63) is 18.1 Å². The fourth-order valence-electron chi connectivity index (χ4n) is 1.17. The lowest BCUT2D eigenvalue weighted by Gasteiger charge is -2.20. The van der Waals surface area contributed by atoms with Gasteiger partial charge in [-0.2, -0.15) is 0 Å². The van der Waals surface area contributed by atoms with Gasteiger partial charge in [0.15, 0.2) is 0 Å². The highest BCUT2D eigenvalue weighted by Gasteiger charge is 2.03. The third kappa shape index (κ3) is 4.62. The van der Waals surface area contributed by atoms with Crippen molar-refractivity contribution in [3.63, 3.8) is 0 Å². The van der Waals surface area contributed by atoms with E-state index in [0.29, 0.717) is 11.7 Å². The maximum Gasteiger partial charge on any atom is 0.144 e. The molecule has 0 aromatic carbocycles. The molecule has 94 valence electrons. The lowest BCUT2D eigenvalue weighted by atomic mass is 10.3. The molecule has 1 aromatic rings. The van der Waals surface area contributed by atoms with E-state index in [1.165, 1.54) is 0 Å². The Morgan fingerprint density at radius 2 is 2.18 bits per heavy atom. The van der Waals surface area contributed by atoms with Gasteiger partial charge in [-0.05, 0) is 20.9 Å². The van der Waals surface area contributed by atoms with Crippen molar-refractivity contribution < 1.29 is 0 Å². The standard InChI is InChI=1S/C11H19N5S/c1-8(2)16(3)5-4-13-10-7-14-9(6-15-10)11(12)17/h6-8H,4-5H2,1-3H3,(H2,12,17)(H,13,15). The Labute approximate surface area is 107 Å². The Kier molecular flexibility index (Phi) is 5.24. The van der Waals surface area contributed by atoms with Crippen molar-refractivity contribution in [1.29, 1.82) is 0 Å². The van der Waals surface area contributed by atoms with Gasteiger partial charge in [-0.1, -0.05) is 12.2 Å². The van der Waals surface area contributed by atoms with E-state index in [9.17, 15) is 0 Å². The topological polar surface area (TPSA) is 67.1 Å². The summed E-state index contributed by atoms with van der Waals surface area (Å²) in [6.07, 6.45) is 3.22. The lowest BCUT2D eigenvalue weighted by Crippen LogP contribution is -2.31. The van der Waals surface area contributed by atoms with Gasteiger partial charge < -0.3 is 16.0 Å². The molecule has 0 aliphatic carbocycles. The van der Waals surface area contributed by atoms with Gasteiger partial charge in [0, 0.05) is 19.1 Å². The highest BCUT2D eigenvalue weighted by Crippen LogP contribution is 2.01. The van der Waals surface area contributed by atoms with Gasteiger partial charge in [0.25, 0.3) is 0 Å². The predicted molar refractivity (Wildman–Crippen MR) is 74.2 cm³/mol. The van der Waals surface area contributed by atoms with Crippen molar-refractivity contribution in [2.24, 2.45) is 5.73 Å². The highest BCUT2D eigenvalue weighted by molar-refractivity contribution is 7.80. The second-order valence-electron chi connectivity index (χ2n) is 4.15. The summed E-state index contributed by atoms with van der Waals surface area (Å²) >= 11 is 4.80. The molecule has 0 fully saturated rings. The number of nitrogens with one attached hydrogen (secondary N) is 1. The molecule has 3 N–H and O–H groups in total. The SMILES string of the molecule is CC(C)N(C)CCNc1cnc(C(N)=S)cn1. The largest absolute Gasteiger partial charge is 0.388 e. The van der Waals surface area contributed by atoms with Crippen LogP contribution in [0.1, 0.15) is 19.5 Å². The van der Waals surface area contributed by atoms with Crippen LogP contribution in [-0.4, -0.2) is 46.0 Å². The predicted octanol–water partition coefficient (Wildman–Crippen LogP) is 0.863. The van der Waals surface area contributed by atoms with Crippen LogP contribution in [0.25, 0.3) is 0 Å². The van der Waals surface area contributed by atoms with Crippen LogP contribution in [-0.2, 0) is 0 Å². The number of hydrogen-bond donors (Lipinski definition) is 2. The normalized spacial score (nSPS) is 10.9. The number of thiocarbonyl (C=S) groups is 1. The average molecular weight is 253 g/mol. The third-order valence-electron chi connectivity index (χ3n) is 2.56. The first kappa shape index (κ1) is 13.8. The Morgan fingerprint density at radius 1 is 1.47 bits per heavy atom. The van der Waals surface area contributed by atoms with Gasteiger partial charge >= 0.3 is 0 Å². The summed E-state index contributed by atoms with van der Waals surface area (Å²) in [5.41, 5.74) is 5.98. The lowest BCUT2D eigenvalue weighted by molar-refractivity contribution is 0.284. The molecule has 1 heterocycles. The molecule has 0 amide bonds. The van der Waals surface area contributed by atoms with E-state index in [4.69, 9.17) is 18.0 Å². The molecule has 0 radical (unpaired) electrons. The van der Waals surface area contributed by atoms with Crippen molar-refractivity contribution >= 4 is 23.0 Å². The Bertz CT molecular complexity index is 363. The van der Waals surface area contributed by atoms with E-state index < -0.39 is 0 Å². The Balaban J connectivity index is 2.40. The maximum atomic E-state index is 5.44. The first-order valence-electron chi connectivity index (χ1n) is 5.56. The van der Waals surface area contributed by atoms with Crippen LogP contribution in [0.2, 0.25) is 0 Å². The zero-order valence-corrected chi connectivity index (χ0v) is 11.3. The van der Waals surface area contributed by atoms with E-state index >= 15 is 0 Å². The number of aromatic nitrogens is 2. The van der Waals surface area contributed by atoms with Crippen LogP contribution in [0, 0.1) is 0 Å². The molecule has 0 bridgehead atoms. The minimum absolute atomic E-state index is 0.267. The zero-order valence-electron chi connectivity index (χ0n) is 10.5. The smallest absolute Gasteiger partial charge is 0.144 e. The van der Waals surface area contributed by atoms with Crippen LogP contribution < -0.4 is 11.1 Å². The van der Waals surface area contributed by atoms with Gasteiger partial charge in [0.1, 0.15) is 16.5 Å². The number of nitrogens with zero attached hydrogens (tertiary/aromatic N) is 3. The minimum Gasteiger partial charge on any atom is -0.388 e. The first-order valence-corrected chi connectivity index (χ1v) is 5.97. The summed E-state index contributed by atoms with van der Waals surface area (Å²) in [4.78, 5) is 10.8. The fraction of sp³-hybridized carbons (Fsp3) is 0.545. The summed E-state index contributed by atoms with van der Waals surface area (Å²) in [6.45, 7) is 6.11. The molecular weight excluding hydrogens is 234 g/mol. The van der Waals surface area contributed by atoms with Gasteiger partial charge in [0.2, 0.25) is 0 Å². The molecule has 1 aromatic heterocycles. The Hall–Kier alpha value is -1.27. The number of hydrogen-bond acceptors (Lipinski definition) is 5. The van der Waals surface area contributed by atoms with Crippen LogP contribution >= 0.6 is 12.2 Å². The first-order chi connectivity index (χ1) is 8.00. The summed E-state index contributed by atoms with van der Waals surface area (Å²) in [5.74, 6) is 0.738. The number of rotatable bonds is 6. The van der Waals surface area contributed by atoms with Crippen LogP contribution in [0.3, 0.4) is 0 Å². The van der Waals surface area contributed by atoms with Crippen molar-refractivity contribution in [3.8, 4) is 0 Å². The zero-order chi connectivity index (χ0) is 12.8. The summed E-state index contributed by atoms with van der Waals surface area (Å²) in [6, 6.07) is 0.542. The molecule has 0 spiro atoms. The monoisotopic (exact) mass is 253 g/mol. The minimum atomic E-state index is 0.267. The molecule has 1 rings (SSSR count). The van der Waals surface area contributed by atoms with Crippen LogP contribution in [0.15, 0.2) is 12.4 Å². The maximum absolute atomic E-state index is 5.44. The molecule has 6 heteroatoms. The quantitative estimate of drug-likeness (QED) is 0.733. The van der Waals surface area contributed by atoms with E-state index in [-0.39, 0.29) is 4.99 Å². The summed E-state index contributed by atoms with van der Waals surface area (Å²) in [7, 11) is 2.09. The average Bonchev–Trinajstić information content (AvgIpc) is 2.29. The van der Waals surface area contributed by atoms with Crippen molar-refractivity contribution in [2.45, 2.75) is 19.9 Å². The second kappa shape index (κ2) is 6.46. The fourth-order valence-corrected chi connectivity index (χ4v) is 1.27. The van der Waals surface area contributed by atoms with Crippen molar-refractivity contribution in [2.75, 3.05) is 25.5 Å². The molecule has 0 unspecified atom stereocenters. The molecule has 0 saturated heterocycles. The van der Waals surface area contributed by atoms with Crippen LogP contribution in [0.5, 0.6) is 0 Å². The number of nitrogens with two attached hydrogens (primary N) is 1. The van der Waals surface area contributed by atoms with Gasteiger partial charge in [0.05, 0.1) is 12.4 Å². The van der Waals surface area contributed by atoms with Gasteiger partial charge in [-0.15, -0.1) is 0 Å². The van der Waals surface area contributed by atoms with E-state index in [2.05, 4.69) is 41.1 Å². The molecule has 0 saturated carbocycles. The van der Waals surface area contributed by atoms with Gasteiger partial charge in [-0.25, -0.2) is 9.97 Å². The van der Waals surface area contributed by atoms with Crippen LogP contribution in [0.4, 0.5) is 5.82 Å². The second-order valence-corrected chi connectivity index (χ2v) is 4.59. The Morgan fingerprint density at radius 3 is 2.65 bits per heavy atom. The van der Waals surface area contributed by atoms with Gasteiger partial charge in [-0.3, -0.25) is 0 Å². The number of anilines is 1.